The third kappa shape index (κ3) is 2.04. The molecule has 3 N–H and O–H groups in total. The molecule has 2 nitrogen and oxygen atoms in total. The van der Waals surface area contributed by atoms with Gasteiger partial charge in [0.15, 0.2) is 0 Å². The van der Waals surface area contributed by atoms with Crippen molar-refractivity contribution in [1.82, 2.24) is 0 Å². The summed E-state index contributed by atoms with van der Waals surface area (Å²) in [6.45, 7) is 3.45. The molecule has 0 saturated carbocycles. The minimum atomic E-state index is -0.779. The van der Waals surface area contributed by atoms with Crippen LogP contribution >= 0.6 is 23.2 Å². The van der Waals surface area contributed by atoms with E-state index in [4.69, 9.17) is 34.0 Å². The van der Waals surface area contributed by atoms with Gasteiger partial charge in [0.2, 0.25) is 0 Å². The lowest BCUT2D eigenvalue weighted by Crippen LogP contribution is -2.37. The van der Waals surface area contributed by atoms with Gasteiger partial charge >= 0.3 is 0 Å². The monoisotopic (exact) mass is 233 g/mol. The Kier molecular flexibility index (Phi) is 3.43. The number of hydrogen-bond donors (Lipinski definition) is 2. The van der Waals surface area contributed by atoms with Crippen LogP contribution in [-0.2, 0) is 5.54 Å². The second-order valence-corrected chi connectivity index (χ2v) is 4.39. The van der Waals surface area contributed by atoms with Gasteiger partial charge in [0, 0.05) is 0 Å². The maximum absolute atomic E-state index is 9.13. The van der Waals surface area contributed by atoms with E-state index in [1.165, 1.54) is 0 Å². The van der Waals surface area contributed by atoms with Crippen molar-refractivity contribution in [3.05, 3.63) is 33.3 Å². The summed E-state index contributed by atoms with van der Waals surface area (Å²) in [6.07, 6.45) is 0. The van der Waals surface area contributed by atoms with Gasteiger partial charge in [-0.1, -0.05) is 29.3 Å². The molecule has 1 atom stereocenters. The van der Waals surface area contributed by atoms with Crippen LogP contribution in [0.25, 0.3) is 0 Å². The predicted molar refractivity (Wildman–Crippen MR) is 59.8 cm³/mol. The average molecular weight is 234 g/mol. The lowest BCUT2D eigenvalue weighted by Gasteiger charge is -2.25. The Hall–Kier alpha value is -0.280. The van der Waals surface area contributed by atoms with Crippen LogP contribution < -0.4 is 5.73 Å². The zero-order valence-electron chi connectivity index (χ0n) is 8.14. The van der Waals surface area contributed by atoms with Crippen LogP contribution in [0, 0.1) is 6.92 Å². The van der Waals surface area contributed by atoms with Crippen molar-refractivity contribution in [2.75, 3.05) is 6.61 Å². The van der Waals surface area contributed by atoms with Crippen LogP contribution in [0.1, 0.15) is 18.1 Å². The number of halogens is 2. The lowest BCUT2D eigenvalue weighted by atomic mass is 9.90. The zero-order chi connectivity index (χ0) is 10.9. The quantitative estimate of drug-likeness (QED) is 0.825. The maximum Gasteiger partial charge on any atom is 0.0650 e. The Balaban J connectivity index is 3.31. The van der Waals surface area contributed by atoms with E-state index >= 15 is 0 Å². The van der Waals surface area contributed by atoms with Crippen molar-refractivity contribution >= 4 is 23.2 Å². The second kappa shape index (κ2) is 4.07. The van der Waals surface area contributed by atoms with E-state index in [-0.39, 0.29) is 6.61 Å². The first kappa shape index (κ1) is 11.8. The van der Waals surface area contributed by atoms with E-state index in [1.54, 1.807) is 19.1 Å². The Morgan fingerprint density at radius 1 is 1.43 bits per heavy atom. The van der Waals surface area contributed by atoms with Gasteiger partial charge in [-0.2, -0.15) is 0 Å². The molecule has 78 valence electrons. The standard InChI is InChI=1S/C10H13Cl2NO/c1-6-7(10(2,13)5-14)3-4-8(11)9(6)12/h3-4,14H,5,13H2,1-2H3/t10-/m1/s1. The fourth-order valence-corrected chi connectivity index (χ4v) is 1.73. The molecule has 1 aromatic rings. The van der Waals surface area contributed by atoms with Gasteiger partial charge in [-0.25, -0.2) is 0 Å². The molecule has 0 saturated heterocycles. The van der Waals surface area contributed by atoms with E-state index in [2.05, 4.69) is 0 Å². The molecular formula is C10H13Cl2NO. The first-order chi connectivity index (χ1) is 6.40. The molecule has 14 heavy (non-hydrogen) atoms. The fourth-order valence-electron chi connectivity index (χ4n) is 1.36. The molecule has 0 heterocycles. The molecule has 0 bridgehead atoms. The molecule has 1 aromatic carbocycles. The second-order valence-electron chi connectivity index (χ2n) is 3.61. The highest BCUT2D eigenvalue weighted by Crippen LogP contribution is 2.32. The largest absolute Gasteiger partial charge is 0.394 e. The van der Waals surface area contributed by atoms with Crippen LogP contribution in [0.5, 0.6) is 0 Å². The van der Waals surface area contributed by atoms with Crippen molar-refractivity contribution in [3.63, 3.8) is 0 Å². The highest BCUT2D eigenvalue weighted by atomic mass is 35.5. The third-order valence-electron chi connectivity index (χ3n) is 2.28. The van der Waals surface area contributed by atoms with Gasteiger partial charge in [0.25, 0.3) is 0 Å². The summed E-state index contributed by atoms with van der Waals surface area (Å²) < 4.78 is 0. The molecule has 0 fully saturated rings. The first-order valence-corrected chi connectivity index (χ1v) is 5.00. The Bertz CT molecular complexity index is 350. The summed E-state index contributed by atoms with van der Waals surface area (Å²) in [6, 6.07) is 3.48. The summed E-state index contributed by atoms with van der Waals surface area (Å²) in [5.41, 5.74) is 6.76. The van der Waals surface area contributed by atoms with E-state index in [9.17, 15) is 0 Å². The molecule has 1 rings (SSSR count). The van der Waals surface area contributed by atoms with Crippen LogP contribution in [0.3, 0.4) is 0 Å². The summed E-state index contributed by atoms with van der Waals surface area (Å²) >= 11 is 11.8. The Morgan fingerprint density at radius 3 is 2.50 bits per heavy atom. The van der Waals surface area contributed by atoms with E-state index in [1.807, 2.05) is 6.92 Å². The molecule has 0 aliphatic rings. The van der Waals surface area contributed by atoms with Crippen LogP contribution in [0.15, 0.2) is 12.1 Å². The molecule has 4 heteroatoms. The molecule has 0 aromatic heterocycles. The van der Waals surface area contributed by atoms with Gasteiger partial charge in [-0.15, -0.1) is 0 Å². The minimum absolute atomic E-state index is 0.133. The summed E-state index contributed by atoms with van der Waals surface area (Å²) in [7, 11) is 0. The highest BCUT2D eigenvalue weighted by molar-refractivity contribution is 6.42. The predicted octanol–water partition coefficient (Wildman–Crippen LogP) is 2.47. The molecule has 0 unspecified atom stereocenters. The van der Waals surface area contributed by atoms with Crippen molar-refractivity contribution in [1.29, 1.82) is 0 Å². The SMILES string of the molecule is Cc1c([C@](C)(N)CO)ccc(Cl)c1Cl. The van der Waals surface area contributed by atoms with Crippen molar-refractivity contribution in [2.45, 2.75) is 19.4 Å². The normalized spacial score (nSPS) is 15.3. The number of nitrogens with two attached hydrogens (primary N) is 1. The average Bonchev–Trinajstić information content (AvgIpc) is 2.14. The third-order valence-corrected chi connectivity index (χ3v) is 3.18. The van der Waals surface area contributed by atoms with Gasteiger partial charge in [0.1, 0.15) is 0 Å². The highest BCUT2D eigenvalue weighted by Gasteiger charge is 2.23. The van der Waals surface area contributed by atoms with Crippen LogP contribution in [-0.4, -0.2) is 11.7 Å². The zero-order valence-corrected chi connectivity index (χ0v) is 9.65. The number of hydrogen-bond acceptors (Lipinski definition) is 2. The maximum atomic E-state index is 9.13. The molecule has 0 aliphatic heterocycles. The van der Waals surface area contributed by atoms with Gasteiger partial charge in [-0.05, 0) is 31.0 Å². The van der Waals surface area contributed by atoms with E-state index < -0.39 is 5.54 Å². The number of benzene rings is 1. The van der Waals surface area contributed by atoms with Crippen LogP contribution in [0.2, 0.25) is 10.0 Å². The van der Waals surface area contributed by atoms with Crippen molar-refractivity contribution in [2.24, 2.45) is 5.73 Å². The number of aliphatic hydroxyl groups excluding tert-OH is 1. The number of rotatable bonds is 2. The van der Waals surface area contributed by atoms with Crippen molar-refractivity contribution in [3.8, 4) is 0 Å². The van der Waals surface area contributed by atoms with Gasteiger partial charge in [0.05, 0.1) is 22.2 Å². The molecule has 0 aliphatic carbocycles. The fraction of sp³-hybridized carbons (Fsp3) is 0.400. The van der Waals surface area contributed by atoms with E-state index in [0.29, 0.717) is 10.0 Å². The molecule has 0 amide bonds. The smallest absolute Gasteiger partial charge is 0.0650 e. The molecule has 0 spiro atoms. The Labute approximate surface area is 93.6 Å². The Morgan fingerprint density at radius 2 is 2.00 bits per heavy atom. The first-order valence-electron chi connectivity index (χ1n) is 4.25. The van der Waals surface area contributed by atoms with Gasteiger partial charge < -0.3 is 10.8 Å². The summed E-state index contributed by atoms with van der Waals surface area (Å²) in [4.78, 5) is 0. The summed E-state index contributed by atoms with van der Waals surface area (Å²) in [5.74, 6) is 0. The van der Waals surface area contributed by atoms with Gasteiger partial charge in [-0.3, -0.25) is 0 Å². The van der Waals surface area contributed by atoms with E-state index in [0.717, 1.165) is 11.1 Å². The lowest BCUT2D eigenvalue weighted by molar-refractivity contribution is 0.209. The number of aliphatic hydroxyl groups is 1. The summed E-state index contributed by atoms with van der Waals surface area (Å²) in [5, 5.41) is 10.1. The molecular weight excluding hydrogens is 221 g/mol. The van der Waals surface area contributed by atoms with Crippen LogP contribution in [0.4, 0.5) is 0 Å². The van der Waals surface area contributed by atoms with Crippen molar-refractivity contribution < 1.29 is 5.11 Å². The minimum Gasteiger partial charge on any atom is -0.394 e. The topological polar surface area (TPSA) is 46.2 Å². The molecule has 0 radical (unpaired) electrons.